The number of halogens is 1. The van der Waals surface area contributed by atoms with Crippen LogP contribution in [0.5, 0.6) is 5.75 Å². The van der Waals surface area contributed by atoms with Gasteiger partial charge in [0.05, 0.1) is 13.2 Å². The van der Waals surface area contributed by atoms with Gasteiger partial charge >= 0.3 is 0 Å². The third kappa shape index (κ3) is 3.50. The summed E-state index contributed by atoms with van der Waals surface area (Å²) in [6.45, 7) is 4.00. The summed E-state index contributed by atoms with van der Waals surface area (Å²) >= 11 is 0. The molecule has 1 aromatic carbocycles. The Hall–Kier alpha value is -2.94. The number of anilines is 1. The van der Waals surface area contributed by atoms with E-state index in [-0.39, 0.29) is 24.6 Å². The van der Waals surface area contributed by atoms with Crippen LogP contribution in [0.2, 0.25) is 0 Å². The van der Waals surface area contributed by atoms with Gasteiger partial charge in [0.2, 0.25) is 5.75 Å². The van der Waals surface area contributed by atoms with Gasteiger partial charge in [-0.25, -0.2) is 9.37 Å². The monoisotopic (exact) mass is 376 g/mol. The van der Waals surface area contributed by atoms with E-state index < -0.39 is 28.6 Å². The van der Waals surface area contributed by atoms with Crippen molar-refractivity contribution in [3.63, 3.8) is 0 Å². The molecule has 1 aliphatic rings. The molecule has 27 heavy (non-hydrogen) atoms. The van der Waals surface area contributed by atoms with Crippen molar-refractivity contribution in [3.8, 4) is 5.75 Å². The summed E-state index contributed by atoms with van der Waals surface area (Å²) in [4.78, 5) is 29.1. The fraction of sp³-hybridized carbons (Fsp3) is 0.389. The number of benzene rings is 1. The fourth-order valence-corrected chi connectivity index (χ4v) is 3.04. The van der Waals surface area contributed by atoms with Crippen LogP contribution in [0.25, 0.3) is 0 Å². The second kappa shape index (κ2) is 6.99. The second-order valence-electron chi connectivity index (χ2n) is 6.68. The summed E-state index contributed by atoms with van der Waals surface area (Å²) < 4.78 is 20.4. The normalized spacial score (nSPS) is 15.1. The van der Waals surface area contributed by atoms with Crippen LogP contribution in [-0.4, -0.2) is 34.2 Å². The molecule has 0 radical (unpaired) electrons. The van der Waals surface area contributed by atoms with Gasteiger partial charge in [-0.3, -0.25) is 14.2 Å². The molecule has 0 saturated heterocycles. The van der Waals surface area contributed by atoms with Crippen molar-refractivity contribution in [1.82, 2.24) is 14.9 Å². The topological polar surface area (TPSA) is 105 Å². The molecule has 3 rings (SSSR count). The Balaban J connectivity index is 1.91. The maximum Gasteiger partial charge on any atom is 0.296 e. The predicted molar refractivity (Wildman–Crippen MR) is 96.3 cm³/mol. The van der Waals surface area contributed by atoms with E-state index in [1.807, 2.05) is 0 Å². The number of nitrogens with zero attached hydrogens (tertiary/aromatic N) is 2. The number of carbonyl (C=O) groups is 1. The van der Waals surface area contributed by atoms with Crippen LogP contribution < -0.4 is 16.2 Å². The van der Waals surface area contributed by atoms with Gasteiger partial charge in [0.25, 0.3) is 11.5 Å². The Morgan fingerprint density at radius 3 is 2.89 bits per heavy atom. The van der Waals surface area contributed by atoms with Crippen LogP contribution in [0.1, 0.15) is 35.7 Å². The van der Waals surface area contributed by atoms with Gasteiger partial charge in [-0.2, -0.15) is 0 Å². The molecule has 0 bridgehead atoms. The molecule has 0 spiro atoms. The number of aromatic nitrogens is 2. The maximum atomic E-state index is 13.5. The van der Waals surface area contributed by atoms with Crippen molar-refractivity contribution in [2.75, 3.05) is 19.0 Å². The van der Waals surface area contributed by atoms with Gasteiger partial charge in [0.1, 0.15) is 17.2 Å². The number of ether oxygens (including phenoxy) is 1. The van der Waals surface area contributed by atoms with Gasteiger partial charge in [-0.15, -0.1) is 0 Å². The number of carbonyl (C=O) groups excluding carboxylic acids is 1. The van der Waals surface area contributed by atoms with Crippen LogP contribution in [-0.2, 0) is 23.4 Å². The first-order valence-corrected chi connectivity index (χ1v) is 8.47. The smallest absolute Gasteiger partial charge is 0.296 e. The standard InChI is InChI=1S/C18H21FN4O4/c1-18(2)17-22-13(14(24)16(26)23(17)6-7-27-18)15(25)21-9-10-8-11(19)4-5-12(10)20-3/h4-5,8,20,24H,6-7,9H2,1-3H3,(H,21,25). The minimum atomic E-state index is -0.873. The van der Waals surface area contributed by atoms with E-state index in [0.717, 1.165) is 0 Å². The zero-order chi connectivity index (χ0) is 19.8. The molecule has 144 valence electrons. The molecule has 0 atom stereocenters. The zero-order valence-electron chi connectivity index (χ0n) is 15.3. The molecule has 1 aromatic heterocycles. The largest absolute Gasteiger partial charge is 0.501 e. The summed E-state index contributed by atoms with van der Waals surface area (Å²) in [7, 11) is 1.68. The number of fused-ring (bicyclic) bond motifs is 1. The number of hydrogen-bond donors (Lipinski definition) is 3. The fourth-order valence-electron chi connectivity index (χ4n) is 3.04. The molecule has 3 N–H and O–H groups in total. The van der Waals surface area contributed by atoms with Crippen molar-refractivity contribution in [2.45, 2.75) is 32.5 Å². The molecule has 0 saturated carbocycles. The Bertz CT molecular complexity index is 955. The van der Waals surface area contributed by atoms with E-state index in [1.165, 1.54) is 16.7 Å². The molecule has 0 unspecified atom stereocenters. The van der Waals surface area contributed by atoms with Gasteiger partial charge in [0.15, 0.2) is 5.69 Å². The van der Waals surface area contributed by atoms with Gasteiger partial charge in [-0.05, 0) is 37.6 Å². The van der Waals surface area contributed by atoms with Gasteiger partial charge in [-0.1, -0.05) is 0 Å². The van der Waals surface area contributed by atoms with E-state index in [2.05, 4.69) is 15.6 Å². The molecule has 9 heteroatoms. The van der Waals surface area contributed by atoms with E-state index in [0.29, 0.717) is 17.9 Å². The van der Waals surface area contributed by atoms with Crippen molar-refractivity contribution in [1.29, 1.82) is 0 Å². The highest BCUT2D eigenvalue weighted by molar-refractivity contribution is 5.94. The summed E-state index contributed by atoms with van der Waals surface area (Å²) in [5.41, 5.74) is -0.782. The third-order valence-electron chi connectivity index (χ3n) is 4.45. The van der Waals surface area contributed by atoms with Gasteiger partial charge in [0, 0.05) is 19.3 Å². The summed E-state index contributed by atoms with van der Waals surface area (Å²) in [5, 5.41) is 15.6. The lowest BCUT2D eigenvalue weighted by Gasteiger charge is -2.32. The highest BCUT2D eigenvalue weighted by atomic mass is 19.1. The quantitative estimate of drug-likeness (QED) is 0.743. The number of amides is 1. The summed E-state index contributed by atoms with van der Waals surface area (Å²) in [6.07, 6.45) is 0. The highest BCUT2D eigenvalue weighted by Gasteiger charge is 2.34. The average Bonchev–Trinajstić information content (AvgIpc) is 2.62. The van der Waals surface area contributed by atoms with Crippen LogP contribution >= 0.6 is 0 Å². The molecule has 0 fully saturated rings. The SMILES string of the molecule is CNc1ccc(F)cc1CNC(=O)c1nc2n(c(=O)c1O)CCOC2(C)C. The molecule has 2 aromatic rings. The van der Waals surface area contributed by atoms with Crippen LogP contribution in [0.3, 0.4) is 0 Å². The number of nitrogens with one attached hydrogen (secondary N) is 2. The number of rotatable bonds is 4. The molecular weight excluding hydrogens is 355 g/mol. The molecule has 0 aliphatic carbocycles. The average molecular weight is 376 g/mol. The molecule has 2 heterocycles. The minimum Gasteiger partial charge on any atom is -0.501 e. The van der Waals surface area contributed by atoms with Crippen LogP contribution in [0, 0.1) is 5.82 Å². The maximum absolute atomic E-state index is 13.5. The first kappa shape index (κ1) is 18.8. The van der Waals surface area contributed by atoms with Crippen molar-refractivity contribution in [3.05, 3.63) is 51.5 Å². The summed E-state index contributed by atoms with van der Waals surface area (Å²) in [6, 6.07) is 4.15. The van der Waals surface area contributed by atoms with Crippen molar-refractivity contribution < 1.29 is 19.0 Å². The highest BCUT2D eigenvalue weighted by Crippen LogP contribution is 2.27. The predicted octanol–water partition coefficient (Wildman–Crippen LogP) is 1.32. The van der Waals surface area contributed by atoms with E-state index in [9.17, 15) is 19.1 Å². The van der Waals surface area contributed by atoms with E-state index in [4.69, 9.17) is 4.74 Å². The Morgan fingerprint density at radius 1 is 1.44 bits per heavy atom. The Kier molecular flexibility index (Phi) is 4.88. The molecule has 1 aliphatic heterocycles. The van der Waals surface area contributed by atoms with Crippen LogP contribution in [0.15, 0.2) is 23.0 Å². The first-order valence-electron chi connectivity index (χ1n) is 8.47. The number of aromatic hydroxyl groups is 1. The lowest BCUT2D eigenvalue weighted by Crippen LogP contribution is -2.42. The minimum absolute atomic E-state index is 0.00774. The van der Waals surface area contributed by atoms with Crippen LogP contribution in [0.4, 0.5) is 10.1 Å². The molecular formula is C18H21FN4O4. The second-order valence-corrected chi connectivity index (χ2v) is 6.68. The van der Waals surface area contributed by atoms with E-state index in [1.54, 1.807) is 27.0 Å². The lowest BCUT2D eigenvalue weighted by molar-refractivity contribution is -0.0566. The number of hydrogen-bond acceptors (Lipinski definition) is 6. The zero-order valence-corrected chi connectivity index (χ0v) is 15.3. The Morgan fingerprint density at radius 2 is 2.19 bits per heavy atom. The summed E-state index contributed by atoms with van der Waals surface area (Å²) in [5.74, 6) is -1.63. The molecule has 1 amide bonds. The first-order chi connectivity index (χ1) is 12.7. The van der Waals surface area contributed by atoms with Crippen molar-refractivity contribution in [2.24, 2.45) is 0 Å². The lowest BCUT2D eigenvalue weighted by atomic mass is 10.1. The van der Waals surface area contributed by atoms with E-state index >= 15 is 0 Å². The molecule has 8 nitrogen and oxygen atoms in total. The third-order valence-corrected chi connectivity index (χ3v) is 4.45. The Labute approximate surface area is 155 Å². The van der Waals surface area contributed by atoms with Crippen molar-refractivity contribution >= 4 is 11.6 Å². The van der Waals surface area contributed by atoms with Gasteiger partial charge < -0.3 is 20.5 Å².